The normalized spacial score (nSPS) is 15.9. The molecule has 2 N–H and O–H groups in total. The Hall–Kier alpha value is -2.66. The molecule has 1 fully saturated rings. The summed E-state index contributed by atoms with van der Waals surface area (Å²) < 4.78 is 13.1. The molecule has 0 unspecified atom stereocenters. The van der Waals surface area contributed by atoms with Gasteiger partial charge >= 0.3 is 6.03 Å². The zero-order valence-corrected chi connectivity index (χ0v) is 14.7. The predicted molar refractivity (Wildman–Crippen MR) is 102 cm³/mol. The number of rotatable bonds is 5. The smallest absolute Gasteiger partial charge is 0.318 e. The second kappa shape index (κ2) is 9.15. The third-order valence-corrected chi connectivity index (χ3v) is 4.51. The van der Waals surface area contributed by atoms with Crippen LogP contribution >= 0.6 is 0 Å². The SMILES string of the molecule is O=C(N/C=C/c1cccc(F)c1)NC1CCN(Cc2ccccc2)CC1. The highest BCUT2D eigenvalue weighted by molar-refractivity contribution is 5.76. The van der Waals surface area contributed by atoms with E-state index >= 15 is 0 Å². The molecule has 4 nitrogen and oxygen atoms in total. The van der Waals surface area contributed by atoms with E-state index in [-0.39, 0.29) is 17.9 Å². The van der Waals surface area contributed by atoms with Gasteiger partial charge in [0.1, 0.15) is 5.82 Å². The lowest BCUT2D eigenvalue weighted by Crippen LogP contribution is -2.46. The van der Waals surface area contributed by atoms with Crippen molar-refractivity contribution in [2.24, 2.45) is 0 Å². The van der Waals surface area contributed by atoms with Crippen molar-refractivity contribution in [3.05, 3.63) is 77.7 Å². The van der Waals surface area contributed by atoms with Crippen molar-refractivity contribution in [2.45, 2.75) is 25.4 Å². The molecule has 26 heavy (non-hydrogen) atoms. The highest BCUT2D eigenvalue weighted by Gasteiger charge is 2.20. The van der Waals surface area contributed by atoms with Crippen molar-refractivity contribution >= 4 is 12.1 Å². The Bertz CT molecular complexity index is 740. The fourth-order valence-electron chi connectivity index (χ4n) is 3.13. The van der Waals surface area contributed by atoms with Gasteiger partial charge in [-0.05, 0) is 42.2 Å². The van der Waals surface area contributed by atoms with E-state index in [9.17, 15) is 9.18 Å². The lowest BCUT2D eigenvalue weighted by molar-refractivity contribution is 0.187. The Kier molecular flexibility index (Phi) is 6.39. The first-order valence-corrected chi connectivity index (χ1v) is 8.94. The predicted octanol–water partition coefficient (Wildman–Crippen LogP) is 3.76. The van der Waals surface area contributed by atoms with Crippen LogP contribution in [0.5, 0.6) is 0 Å². The Labute approximate surface area is 153 Å². The second-order valence-corrected chi connectivity index (χ2v) is 6.54. The number of hydrogen-bond donors (Lipinski definition) is 2. The van der Waals surface area contributed by atoms with Gasteiger partial charge in [-0.3, -0.25) is 4.90 Å². The van der Waals surface area contributed by atoms with E-state index in [1.807, 2.05) is 6.07 Å². The molecule has 136 valence electrons. The minimum atomic E-state index is -0.293. The van der Waals surface area contributed by atoms with Crippen molar-refractivity contribution in [1.29, 1.82) is 0 Å². The van der Waals surface area contributed by atoms with Crippen LogP contribution in [0.4, 0.5) is 9.18 Å². The molecule has 1 heterocycles. The Morgan fingerprint density at radius 2 is 1.88 bits per heavy atom. The molecule has 1 aliphatic heterocycles. The van der Waals surface area contributed by atoms with Gasteiger partial charge in [-0.25, -0.2) is 9.18 Å². The molecule has 0 aromatic heterocycles. The fourth-order valence-corrected chi connectivity index (χ4v) is 3.13. The Morgan fingerprint density at radius 3 is 2.62 bits per heavy atom. The van der Waals surface area contributed by atoms with Gasteiger partial charge in [-0.1, -0.05) is 42.5 Å². The molecule has 5 heteroatoms. The molecular formula is C21H24FN3O. The molecule has 0 radical (unpaired) electrons. The van der Waals surface area contributed by atoms with Crippen molar-refractivity contribution in [3.8, 4) is 0 Å². The van der Waals surface area contributed by atoms with E-state index in [4.69, 9.17) is 0 Å². The van der Waals surface area contributed by atoms with E-state index in [0.29, 0.717) is 5.56 Å². The highest BCUT2D eigenvalue weighted by atomic mass is 19.1. The molecule has 2 aromatic carbocycles. The van der Waals surface area contributed by atoms with Crippen LogP contribution in [0.1, 0.15) is 24.0 Å². The second-order valence-electron chi connectivity index (χ2n) is 6.54. The minimum Gasteiger partial charge on any atom is -0.335 e. The average molecular weight is 353 g/mol. The number of urea groups is 1. The first-order chi connectivity index (χ1) is 12.7. The third-order valence-electron chi connectivity index (χ3n) is 4.51. The number of benzene rings is 2. The summed E-state index contributed by atoms with van der Waals surface area (Å²) in [5.41, 5.74) is 2.03. The molecule has 3 rings (SSSR count). The van der Waals surface area contributed by atoms with E-state index in [0.717, 1.165) is 32.5 Å². The quantitative estimate of drug-likeness (QED) is 0.860. The van der Waals surface area contributed by atoms with Crippen LogP contribution in [0.3, 0.4) is 0 Å². The van der Waals surface area contributed by atoms with Crippen molar-refractivity contribution in [3.63, 3.8) is 0 Å². The Balaban J connectivity index is 1.38. The van der Waals surface area contributed by atoms with E-state index in [1.165, 1.54) is 23.9 Å². The number of nitrogens with one attached hydrogen (secondary N) is 2. The molecule has 1 saturated heterocycles. The van der Waals surface area contributed by atoms with E-state index in [1.54, 1.807) is 18.2 Å². The summed E-state index contributed by atoms with van der Waals surface area (Å²) in [4.78, 5) is 14.4. The van der Waals surface area contributed by atoms with Crippen LogP contribution < -0.4 is 10.6 Å². The summed E-state index contributed by atoms with van der Waals surface area (Å²) in [5.74, 6) is -0.293. The van der Waals surface area contributed by atoms with Crippen LogP contribution in [0.2, 0.25) is 0 Å². The maximum Gasteiger partial charge on any atom is 0.318 e. The van der Waals surface area contributed by atoms with Crippen molar-refractivity contribution < 1.29 is 9.18 Å². The molecule has 1 aliphatic rings. The summed E-state index contributed by atoms with van der Waals surface area (Å²) in [5, 5.41) is 5.68. The van der Waals surface area contributed by atoms with Crippen LogP contribution in [0.25, 0.3) is 6.08 Å². The molecular weight excluding hydrogens is 329 g/mol. The van der Waals surface area contributed by atoms with Crippen molar-refractivity contribution in [1.82, 2.24) is 15.5 Å². The molecule has 0 saturated carbocycles. The van der Waals surface area contributed by atoms with Gasteiger partial charge in [0.15, 0.2) is 0 Å². The number of nitrogens with zero attached hydrogens (tertiary/aromatic N) is 1. The van der Waals surface area contributed by atoms with E-state index < -0.39 is 0 Å². The topological polar surface area (TPSA) is 44.4 Å². The number of halogens is 1. The summed E-state index contributed by atoms with van der Waals surface area (Å²) in [6, 6.07) is 16.6. The number of hydrogen-bond acceptors (Lipinski definition) is 2. The number of carbonyl (C=O) groups is 1. The first kappa shape index (κ1) is 18.1. The fraction of sp³-hybridized carbons (Fsp3) is 0.286. The maximum absolute atomic E-state index is 13.1. The van der Waals surface area contributed by atoms with Gasteiger partial charge in [0.2, 0.25) is 0 Å². The number of piperidine rings is 1. The number of likely N-dealkylation sites (tertiary alicyclic amines) is 1. The molecule has 2 aromatic rings. The first-order valence-electron chi connectivity index (χ1n) is 8.94. The molecule has 0 atom stereocenters. The third kappa shape index (κ3) is 5.70. The standard InChI is InChI=1S/C21H24FN3O/c22-19-8-4-7-17(15-19)9-12-23-21(26)24-20-10-13-25(14-11-20)16-18-5-2-1-3-6-18/h1-9,12,15,20H,10-11,13-14,16H2,(H2,23,24,26)/b12-9+. The summed E-state index contributed by atoms with van der Waals surface area (Å²) in [6.07, 6.45) is 5.08. The summed E-state index contributed by atoms with van der Waals surface area (Å²) in [7, 11) is 0. The van der Waals surface area contributed by atoms with Crippen LogP contribution in [-0.2, 0) is 6.54 Å². The summed E-state index contributed by atoms with van der Waals surface area (Å²) in [6.45, 7) is 2.90. The lowest BCUT2D eigenvalue weighted by Gasteiger charge is -2.32. The monoisotopic (exact) mass is 353 g/mol. The minimum absolute atomic E-state index is 0.185. The summed E-state index contributed by atoms with van der Waals surface area (Å²) >= 11 is 0. The van der Waals surface area contributed by atoms with Gasteiger partial charge in [0.25, 0.3) is 0 Å². The average Bonchev–Trinajstić information content (AvgIpc) is 2.64. The van der Waals surface area contributed by atoms with Gasteiger partial charge in [-0.2, -0.15) is 0 Å². The Morgan fingerprint density at radius 1 is 1.12 bits per heavy atom. The molecule has 0 aliphatic carbocycles. The zero-order valence-electron chi connectivity index (χ0n) is 14.7. The maximum atomic E-state index is 13.1. The lowest BCUT2D eigenvalue weighted by atomic mass is 10.0. The van der Waals surface area contributed by atoms with E-state index in [2.05, 4.69) is 39.8 Å². The van der Waals surface area contributed by atoms with Gasteiger partial charge in [0.05, 0.1) is 0 Å². The van der Waals surface area contributed by atoms with Crippen LogP contribution in [-0.4, -0.2) is 30.1 Å². The van der Waals surface area contributed by atoms with Gasteiger partial charge in [-0.15, -0.1) is 0 Å². The highest BCUT2D eigenvalue weighted by Crippen LogP contribution is 2.13. The number of carbonyl (C=O) groups excluding carboxylic acids is 1. The largest absolute Gasteiger partial charge is 0.335 e. The van der Waals surface area contributed by atoms with Gasteiger partial charge in [0, 0.05) is 31.9 Å². The zero-order chi connectivity index (χ0) is 18.2. The van der Waals surface area contributed by atoms with Crippen LogP contribution in [0.15, 0.2) is 60.8 Å². The molecule has 0 bridgehead atoms. The molecule has 2 amide bonds. The van der Waals surface area contributed by atoms with Crippen LogP contribution in [0, 0.1) is 5.82 Å². The number of amides is 2. The van der Waals surface area contributed by atoms with Crippen molar-refractivity contribution in [2.75, 3.05) is 13.1 Å². The van der Waals surface area contributed by atoms with Gasteiger partial charge < -0.3 is 10.6 Å². The molecule has 0 spiro atoms.